The minimum Gasteiger partial charge on any atom is -0.468 e. The van der Waals surface area contributed by atoms with Crippen LogP contribution in [0.3, 0.4) is 0 Å². The number of hydrogen-bond acceptors (Lipinski definition) is 5. The van der Waals surface area contributed by atoms with Gasteiger partial charge in [0.1, 0.15) is 5.76 Å². The van der Waals surface area contributed by atoms with Crippen molar-refractivity contribution >= 4 is 11.8 Å². The number of hydrogen-bond donors (Lipinski definition) is 1. The summed E-state index contributed by atoms with van der Waals surface area (Å²) in [7, 11) is 1.59. The van der Waals surface area contributed by atoms with Gasteiger partial charge in [-0.2, -0.15) is 0 Å². The Kier molecular flexibility index (Phi) is 2.68. The van der Waals surface area contributed by atoms with Crippen LogP contribution in [0.25, 0.3) is 0 Å². The lowest BCUT2D eigenvalue weighted by molar-refractivity contribution is -0.132. The monoisotopic (exact) mass is 250 g/mol. The smallest absolute Gasteiger partial charge is 0.264 e. The molecule has 0 saturated carbocycles. The van der Waals surface area contributed by atoms with E-state index < -0.39 is 0 Å². The van der Waals surface area contributed by atoms with Crippen molar-refractivity contribution < 1.29 is 18.7 Å². The predicted octanol–water partition coefficient (Wildman–Crippen LogP) is -0.209. The van der Waals surface area contributed by atoms with Crippen molar-refractivity contribution in [1.29, 1.82) is 0 Å². The van der Waals surface area contributed by atoms with Gasteiger partial charge in [0.2, 0.25) is 5.91 Å². The van der Waals surface area contributed by atoms with Crippen molar-refractivity contribution in [3.63, 3.8) is 0 Å². The average Bonchev–Trinajstić information content (AvgIpc) is 2.97. The number of rotatable bonds is 2. The SMILES string of the molecule is CO[C@H]1CNCC1N1C(=O)Cc2occc2C1=O. The third-order valence-electron chi connectivity index (χ3n) is 3.54. The molecule has 1 fully saturated rings. The second-order valence-electron chi connectivity index (χ2n) is 4.50. The first-order chi connectivity index (χ1) is 8.72. The lowest BCUT2D eigenvalue weighted by Gasteiger charge is -2.32. The minimum atomic E-state index is -0.286. The van der Waals surface area contributed by atoms with Crippen LogP contribution in [0.15, 0.2) is 16.7 Å². The topological polar surface area (TPSA) is 71.8 Å². The Bertz CT molecular complexity index is 496. The van der Waals surface area contributed by atoms with E-state index in [9.17, 15) is 9.59 Å². The first-order valence-electron chi connectivity index (χ1n) is 5.88. The lowest BCUT2D eigenvalue weighted by atomic mass is 10.0. The second kappa shape index (κ2) is 4.22. The maximum atomic E-state index is 12.3. The number of carbonyl (C=O) groups excluding carboxylic acids is 2. The van der Waals surface area contributed by atoms with Crippen LogP contribution in [-0.4, -0.2) is 49.1 Å². The summed E-state index contributed by atoms with van der Waals surface area (Å²) < 4.78 is 10.5. The summed E-state index contributed by atoms with van der Waals surface area (Å²) in [6.07, 6.45) is 1.44. The molecule has 2 aliphatic heterocycles. The van der Waals surface area contributed by atoms with Crippen molar-refractivity contribution in [1.82, 2.24) is 10.2 Å². The maximum Gasteiger partial charge on any atom is 0.264 e. The van der Waals surface area contributed by atoms with Crippen LogP contribution in [0, 0.1) is 0 Å². The minimum absolute atomic E-state index is 0.140. The molecule has 1 aromatic rings. The number of nitrogens with one attached hydrogen (secondary N) is 1. The van der Waals surface area contributed by atoms with Crippen LogP contribution in [-0.2, 0) is 16.0 Å². The van der Waals surface area contributed by atoms with Gasteiger partial charge in [-0.05, 0) is 6.07 Å². The van der Waals surface area contributed by atoms with E-state index in [0.717, 1.165) is 0 Å². The van der Waals surface area contributed by atoms with Gasteiger partial charge in [-0.3, -0.25) is 14.5 Å². The number of furan rings is 1. The summed E-state index contributed by atoms with van der Waals surface area (Å²) in [6, 6.07) is 1.37. The van der Waals surface area contributed by atoms with E-state index in [2.05, 4.69) is 5.32 Å². The Morgan fingerprint density at radius 3 is 3.06 bits per heavy atom. The van der Waals surface area contributed by atoms with Gasteiger partial charge < -0.3 is 14.5 Å². The van der Waals surface area contributed by atoms with Gasteiger partial charge in [0, 0.05) is 20.2 Å². The first-order valence-corrected chi connectivity index (χ1v) is 5.88. The number of carbonyl (C=O) groups is 2. The summed E-state index contributed by atoms with van der Waals surface area (Å²) >= 11 is 0. The van der Waals surface area contributed by atoms with Crippen LogP contribution in [0.4, 0.5) is 0 Å². The van der Waals surface area contributed by atoms with Gasteiger partial charge in [-0.25, -0.2) is 0 Å². The highest BCUT2D eigenvalue weighted by atomic mass is 16.5. The number of amides is 2. The van der Waals surface area contributed by atoms with E-state index in [1.807, 2.05) is 0 Å². The Labute approximate surface area is 104 Å². The zero-order valence-corrected chi connectivity index (χ0v) is 10.0. The molecule has 0 aliphatic carbocycles. The largest absolute Gasteiger partial charge is 0.468 e. The van der Waals surface area contributed by atoms with Crippen LogP contribution < -0.4 is 5.32 Å². The van der Waals surface area contributed by atoms with Gasteiger partial charge in [0.05, 0.1) is 30.4 Å². The maximum absolute atomic E-state index is 12.3. The lowest BCUT2D eigenvalue weighted by Crippen LogP contribution is -2.53. The van der Waals surface area contributed by atoms with Crippen molar-refractivity contribution in [3.05, 3.63) is 23.7 Å². The summed E-state index contributed by atoms with van der Waals surface area (Å²) in [5, 5.41) is 3.14. The van der Waals surface area contributed by atoms with Gasteiger partial charge in [-0.15, -0.1) is 0 Å². The molecule has 0 radical (unpaired) electrons. The molecule has 6 heteroatoms. The van der Waals surface area contributed by atoms with E-state index >= 15 is 0 Å². The standard InChI is InChI=1S/C12H14N2O4/c1-17-10-6-13-5-8(10)14-11(15)4-9-7(12(14)16)2-3-18-9/h2-3,8,10,13H,4-6H2,1H3/t8?,10-/m0/s1. The van der Waals surface area contributed by atoms with E-state index in [4.69, 9.17) is 9.15 Å². The van der Waals surface area contributed by atoms with Gasteiger partial charge in [0.25, 0.3) is 5.91 Å². The molecule has 96 valence electrons. The third-order valence-corrected chi connectivity index (χ3v) is 3.54. The molecule has 1 aromatic heterocycles. The number of methoxy groups -OCH3 is 1. The van der Waals surface area contributed by atoms with Crippen molar-refractivity contribution in [2.75, 3.05) is 20.2 Å². The molecule has 6 nitrogen and oxygen atoms in total. The number of nitrogens with zero attached hydrogens (tertiary/aromatic N) is 1. The van der Waals surface area contributed by atoms with Gasteiger partial charge >= 0.3 is 0 Å². The second-order valence-corrected chi connectivity index (χ2v) is 4.50. The quantitative estimate of drug-likeness (QED) is 0.735. The van der Waals surface area contributed by atoms with Gasteiger partial charge in [-0.1, -0.05) is 0 Å². The molecule has 2 aliphatic rings. The summed E-state index contributed by atoms with van der Waals surface area (Å²) in [5.41, 5.74) is 0.483. The molecule has 3 heterocycles. The fraction of sp³-hybridized carbons (Fsp3) is 0.500. The summed E-state index contributed by atoms with van der Waals surface area (Å²) in [6.45, 7) is 1.22. The fourth-order valence-corrected chi connectivity index (χ4v) is 2.61. The van der Waals surface area contributed by atoms with Crippen LogP contribution in [0.5, 0.6) is 0 Å². The number of fused-ring (bicyclic) bond motifs is 1. The molecule has 0 aromatic carbocycles. The van der Waals surface area contributed by atoms with Crippen molar-refractivity contribution in [2.24, 2.45) is 0 Å². The van der Waals surface area contributed by atoms with Crippen LogP contribution in [0.2, 0.25) is 0 Å². The molecule has 0 spiro atoms. The predicted molar refractivity (Wildman–Crippen MR) is 61.0 cm³/mol. The Balaban J connectivity index is 1.93. The highest BCUT2D eigenvalue weighted by Gasteiger charge is 2.42. The average molecular weight is 250 g/mol. The molecule has 1 saturated heterocycles. The molecule has 18 heavy (non-hydrogen) atoms. The van der Waals surface area contributed by atoms with E-state index in [0.29, 0.717) is 24.4 Å². The van der Waals surface area contributed by atoms with E-state index in [1.165, 1.54) is 11.2 Å². The molecular formula is C12H14N2O4. The summed E-state index contributed by atoms with van der Waals surface area (Å²) in [4.78, 5) is 25.7. The molecule has 2 atom stereocenters. The number of imide groups is 1. The van der Waals surface area contributed by atoms with Crippen LogP contribution >= 0.6 is 0 Å². The first kappa shape index (κ1) is 11.4. The Morgan fingerprint density at radius 2 is 2.28 bits per heavy atom. The zero-order chi connectivity index (χ0) is 12.7. The zero-order valence-electron chi connectivity index (χ0n) is 10.0. The van der Waals surface area contributed by atoms with E-state index in [1.54, 1.807) is 13.2 Å². The summed E-state index contributed by atoms with van der Waals surface area (Å²) in [5.74, 6) is -0.0508. The van der Waals surface area contributed by atoms with Crippen molar-refractivity contribution in [3.8, 4) is 0 Å². The normalized spacial score (nSPS) is 27.7. The van der Waals surface area contributed by atoms with Crippen LogP contribution in [0.1, 0.15) is 16.1 Å². The molecular weight excluding hydrogens is 236 g/mol. The molecule has 1 N–H and O–H groups in total. The third kappa shape index (κ3) is 1.57. The van der Waals surface area contributed by atoms with Crippen molar-refractivity contribution in [2.45, 2.75) is 18.6 Å². The highest BCUT2D eigenvalue weighted by Crippen LogP contribution is 2.25. The highest BCUT2D eigenvalue weighted by molar-refractivity contribution is 6.09. The fourth-order valence-electron chi connectivity index (χ4n) is 2.61. The Morgan fingerprint density at radius 1 is 1.44 bits per heavy atom. The Hall–Kier alpha value is -1.66. The van der Waals surface area contributed by atoms with Gasteiger partial charge in [0.15, 0.2) is 0 Å². The number of ether oxygens (including phenoxy) is 1. The molecule has 1 unspecified atom stereocenters. The van der Waals surface area contributed by atoms with E-state index in [-0.39, 0.29) is 30.4 Å². The molecule has 2 amide bonds. The molecule has 0 bridgehead atoms. The molecule has 3 rings (SSSR count).